The van der Waals surface area contributed by atoms with Gasteiger partial charge in [0.15, 0.2) is 0 Å². The molecule has 0 heterocycles. The third-order valence-corrected chi connectivity index (χ3v) is 2.75. The van der Waals surface area contributed by atoms with Crippen molar-refractivity contribution in [3.8, 4) is 0 Å². The molecule has 0 radical (unpaired) electrons. The number of carboxylic acid groups (broad SMARTS) is 2. The fourth-order valence-electron chi connectivity index (χ4n) is 1.71. The molecule has 4 heteroatoms. The lowest BCUT2D eigenvalue weighted by molar-refractivity contribution is -0.307. The van der Waals surface area contributed by atoms with Crippen molar-refractivity contribution in [2.75, 3.05) is 0 Å². The molecule has 0 spiro atoms. The van der Waals surface area contributed by atoms with Gasteiger partial charge in [-0.15, -0.1) is 0 Å². The van der Waals surface area contributed by atoms with Gasteiger partial charge in [-0.3, -0.25) is 0 Å². The van der Waals surface area contributed by atoms with Crippen LogP contribution in [0.25, 0.3) is 0 Å². The summed E-state index contributed by atoms with van der Waals surface area (Å²) < 4.78 is 0. The van der Waals surface area contributed by atoms with Crippen LogP contribution in [-0.4, -0.2) is 11.9 Å². The average molecular weight is 228 g/mol. The van der Waals surface area contributed by atoms with Crippen LogP contribution in [-0.2, 0) is 9.59 Å². The predicted octanol–water partition coefficient (Wildman–Crippen LogP) is 0.0990. The van der Waals surface area contributed by atoms with Gasteiger partial charge in [0.05, 0.1) is 0 Å². The topological polar surface area (TPSA) is 80.3 Å². The number of carbonyl (C=O) groups is 2. The number of carbonyl (C=O) groups excluding carboxylic acids is 2. The zero-order valence-electron chi connectivity index (χ0n) is 10.0. The highest BCUT2D eigenvalue weighted by Gasteiger charge is 2.06. The van der Waals surface area contributed by atoms with E-state index in [-0.39, 0.29) is 18.8 Å². The van der Waals surface area contributed by atoms with E-state index in [4.69, 9.17) is 0 Å². The summed E-state index contributed by atoms with van der Waals surface area (Å²) >= 11 is 0. The minimum absolute atomic E-state index is 0.105. The molecule has 0 aromatic heterocycles. The second kappa shape index (κ2) is 8.13. The van der Waals surface area contributed by atoms with Crippen LogP contribution in [0.3, 0.4) is 0 Å². The minimum Gasteiger partial charge on any atom is -0.550 e. The SMILES string of the molecule is CC(CCCC(C)CC(=O)[O-])CCC(=O)[O-]. The Morgan fingerprint density at radius 1 is 0.938 bits per heavy atom. The number of carboxylic acids is 2. The summed E-state index contributed by atoms with van der Waals surface area (Å²) in [6.07, 6.45) is 3.57. The van der Waals surface area contributed by atoms with Crippen LogP contribution in [0.2, 0.25) is 0 Å². The van der Waals surface area contributed by atoms with E-state index in [1.165, 1.54) is 0 Å². The molecular weight excluding hydrogens is 208 g/mol. The third kappa shape index (κ3) is 9.49. The highest BCUT2D eigenvalue weighted by atomic mass is 16.4. The van der Waals surface area contributed by atoms with Gasteiger partial charge in [-0.05, 0) is 31.1 Å². The first-order valence-electron chi connectivity index (χ1n) is 5.81. The van der Waals surface area contributed by atoms with E-state index >= 15 is 0 Å². The van der Waals surface area contributed by atoms with Crippen LogP contribution in [0.5, 0.6) is 0 Å². The summed E-state index contributed by atoms with van der Waals surface area (Å²) in [6.45, 7) is 3.90. The van der Waals surface area contributed by atoms with Gasteiger partial charge in [-0.25, -0.2) is 0 Å². The Morgan fingerprint density at radius 3 is 2.00 bits per heavy atom. The molecule has 0 aliphatic heterocycles. The van der Waals surface area contributed by atoms with Crippen molar-refractivity contribution in [3.05, 3.63) is 0 Å². The molecule has 94 valence electrons. The molecule has 0 fully saturated rings. The van der Waals surface area contributed by atoms with Crippen LogP contribution >= 0.6 is 0 Å². The molecule has 0 amide bonds. The lowest BCUT2D eigenvalue weighted by Crippen LogP contribution is -2.24. The maximum atomic E-state index is 10.3. The summed E-state index contributed by atoms with van der Waals surface area (Å²) in [5.41, 5.74) is 0. The Kier molecular flexibility index (Phi) is 7.60. The van der Waals surface area contributed by atoms with E-state index in [9.17, 15) is 19.8 Å². The summed E-state index contributed by atoms with van der Waals surface area (Å²) in [4.78, 5) is 20.5. The molecule has 0 saturated heterocycles. The zero-order valence-corrected chi connectivity index (χ0v) is 10.0. The minimum atomic E-state index is -1.00. The van der Waals surface area contributed by atoms with Crippen LogP contribution in [0.15, 0.2) is 0 Å². The molecule has 0 bridgehead atoms. The summed E-state index contributed by atoms with van der Waals surface area (Å²) in [5, 5.41) is 20.5. The molecule has 16 heavy (non-hydrogen) atoms. The van der Waals surface area contributed by atoms with Crippen molar-refractivity contribution in [3.63, 3.8) is 0 Å². The number of hydrogen-bond donors (Lipinski definition) is 0. The van der Waals surface area contributed by atoms with Gasteiger partial charge in [0, 0.05) is 11.9 Å². The Balaban J connectivity index is 3.49. The van der Waals surface area contributed by atoms with Crippen LogP contribution in [0, 0.1) is 11.8 Å². The van der Waals surface area contributed by atoms with Crippen molar-refractivity contribution in [1.82, 2.24) is 0 Å². The maximum Gasteiger partial charge on any atom is 0.0416 e. The molecule has 0 aliphatic carbocycles. The highest BCUT2D eigenvalue weighted by molar-refractivity contribution is 5.64. The standard InChI is InChI=1S/C12H22O4/c1-9(6-7-11(13)14)4-3-5-10(2)8-12(15)16/h9-10H,3-8H2,1-2H3,(H,13,14)(H,15,16)/p-2. The molecule has 0 aliphatic rings. The third-order valence-electron chi connectivity index (χ3n) is 2.75. The van der Waals surface area contributed by atoms with Crippen LogP contribution in [0.4, 0.5) is 0 Å². The van der Waals surface area contributed by atoms with Gasteiger partial charge in [0.1, 0.15) is 0 Å². The van der Waals surface area contributed by atoms with Gasteiger partial charge in [0.2, 0.25) is 0 Å². The molecule has 4 nitrogen and oxygen atoms in total. The quantitative estimate of drug-likeness (QED) is 0.560. The van der Waals surface area contributed by atoms with Crippen LogP contribution in [0.1, 0.15) is 52.4 Å². The molecule has 0 saturated carbocycles. The van der Waals surface area contributed by atoms with Gasteiger partial charge in [-0.2, -0.15) is 0 Å². The van der Waals surface area contributed by atoms with Gasteiger partial charge >= 0.3 is 0 Å². The van der Waals surface area contributed by atoms with Crippen molar-refractivity contribution in [2.45, 2.75) is 52.4 Å². The molecular formula is C12H20O4-2. The summed E-state index contributed by atoms with van der Waals surface area (Å²) in [7, 11) is 0. The Hall–Kier alpha value is -1.06. The lowest BCUT2D eigenvalue weighted by atomic mass is 9.94. The largest absolute Gasteiger partial charge is 0.550 e. The van der Waals surface area contributed by atoms with Gasteiger partial charge in [-0.1, -0.05) is 33.1 Å². The van der Waals surface area contributed by atoms with Crippen LogP contribution < -0.4 is 10.2 Å². The first kappa shape index (κ1) is 14.9. The molecule has 0 aromatic carbocycles. The number of rotatable bonds is 9. The molecule has 0 rings (SSSR count). The van der Waals surface area contributed by atoms with Crippen molar-refractivity contribution >= 4 is 11.9 Å². The molecule has 2 unspecified atom stereocenters. The average Bonchev–Trinajstić information content (AvgIpc) is 2.13. The Bertz CT molecular complexity index is 225. The smallest absolute Gasteiger partial charge is 0.0416 e. The van der Waals surface area contributed by atoms with Crippen molar-refractivity contribution in [2.24, 2.45) is 11.8 Å². The predicted molar refractivity (Wildman–Crippen MR) is 56.0 cm³/mol. The van der Waals surface area contributed by atoms with Crippen molar-refractivity contribution < 1.29 is 19.8 Å². The monoisotopic (exact) mass is 228 g/mol. The Morgan fingerprint density at radius 2 is 1.50 bits per heavy atom. The molecule has 2 atom stereocenters. The summed E-state index contributed by atoms with van der Waals surface area (Å²) in [5.74, 6) is -1.51. The van der Waals surface area contributed by atoms with E-state index in [0.717, 1.165) is 19.3 Å². The first-order chi connectivity index (χ1) is 7.41. The highest BCUT2D eigenvalue weighted by Crippen LogP contribution is 2.17. The van der Waals surface area contributed by atoms with E-state index in [1.54, 1.807) is 0 Å². The lowest BCUT2D eigenvalue weighted by Gasteiger charge is -2.14. The summed E-state index contributed by atoms with van der Waals surface area (Å²) in [6, 6.07) is 0. The van der Waals surface area contributed by atoms with E-state index in [1.807, 2.05) is 13.8 Å². The normalized spacial score (nSPS) is 14.4. The molecule has 0 N–H and O–H groups in total. The van der Waals surface area contributed by atoms with Gasteiger partial charge < -0.3 is 19.8 Å². The fourth-order valence-corrected chi connectivity index (χ4v) is 1.71. The van der Waals surface area contributed by atoms with Gasteiger partial charge in [0.25, 0.3) is 0 Å². The number of hydrogen-bond acceptors (Lipinski definition) is 4. The second-order valence-electron chi connectivity index (χ2n) is 4.63. The van der Waals surface area contributed by atoms with E-state index in [2.05, 4.69) is 0 Å². The zero-order chi connectivity index (χ0) is 12.6. The maximum absolute atomic E-state index is 10.3. The second-order valence-corrected chi connectivity index (χ2v) is 4.63. The number of aliphatic carboxylic acids is 2. The first-order valence-corrected chi connectivity index (χ1v) is 5.81. The van der Waals surface area contributed by atoms with Crippen molar-refractivity contribution in [1.29, 1.82) is 0 Å². The van der Waals surface area contributed by atoms with E-state index < -0.39 is 11.9 Å². The molecule has 0 aromatic rings. The van der Waals surface area contributed by atoms with E-state index in [0.29, 0.717) is 12.3 Å². The fraction of sp³-hybridized carbons (Fsp3) is 0.833. The Labute approximate surface area is 96.7 Å².